The van der Waals surface area contributed by atoms with Gasteiger partial charge in [-0.2, -0.15) is 0 Å². The van der Waals surface area contributed by atoms with E-state index in [2.05, 4.69) is 39.4 Å². The van der Waals surface area contributed by atoms with Crippen molar-refractivity contribution in [2.45, 2.75) is 26.3 Å². The minimum absolute atomic E-state index is 0.418. The van der Waals surface area contributed by atoms with Gasteiger partial charge in [0.25, 0.3) is 0 Å². The molecule has 0 spiro atoms. The number of benzene rings is 1. The van der Waals surface area contributed by atoms with Crippen LogP contribution in [0.5, 0.6) is 0 Å². The molecule has 3 N–H and O–H groups in total. The Bertz CT molecular complexity index is 585. The molecule has 0 radical (unpaired) electrons. The van der Waals surface area contributed by atoms with Crippen LogP contribution < -0.4 is 15.4 Å². The van der Waals surface area contributed by atoms with Crippen LogP contribution in [0.25, 0.3) is 0 Å². The molecule has 1 rings (SSSR count). The highest BCUT2D eigenvalue weighted by molar-refractivity contribution is 7.88. The third kappa shape index (κ3) is 7.42. The van der Waals surface area contributed by atoms with Gasteiger partial charge in [-0.25, -0.2) is 13.1 Å². The Morgan fingerprint density at radius 2 is 1.82 bits per heavy atom. The van der Waals surface area contributed by atoms with Crippen molar-refractivity contribution in [3.8, 4) is 0 Å². The normalized spacial score (nSPS) is 12.2. The van der Waals surface area contributed by atoms with Crippen molar-refractivity contribution in [1.29, 1.82) is 0 Å². The quantitative estimate of drug-likeness (QED) is 0.376. The first-order valence-electron chi connectivity index (χ1n) is 7.42. The van der Waals surface area contributed by atoms with Gasteiger partial charge in [-0.1, -0.05) is 31.2 Å². The molecular formula is C15H26N4O2S. The van der Waals surface area contributed by atoms with Gasteiger partial charge in [0.1, 0.15) is 0 Å². The number of nitrogens with one attached hydrogen (secondary N) is 3. The monoisotopic (exact) mass is 326 g/mol. The molecule has 0 unspecified atom stereocenters. The fourth-order valence-electron chi connectivity index (χ4n) is 2.03. The van der Waals surface area contributed by atoms with Crippen LogP contribution in [-0.2, 0) is 23.0 Å². The smallest absolute Gasteiger partial charge is 0.208 e. The van der Waals surface area contributed by atoms with Crippen LogP contribution in [0, 0.1) is 0 Å². The molecule has 0 atom stereocenters. The molecule has 7 heteroatoms. The Morgan fingerprint density at radius 3 is 2.41 bits per heavy atom. The summed E-state index contributed by atoms with van der Waals surface area (Å²) in [4.78, 5) is 4.16. The van der Waals surface area contributed by atoms with E-state index in [4.69, 9.17) is 0 Å². The van der Waals surface area contributed by atoms with Crippen LogP contribution in [0.3, 0.4) is 0 Å². The summed E-state index contributed by atoms with van der Waals surface area (Å²) in [5.74, 6) is 0.713. The molecule has 0 amide bonds. The van der Waals surface area contributed by atoms with E-state index in [0.29, 0.717) is 32.0 Å². The Kier molecular flexibility index (Phi) is 7.90. The first kappa shape index (κ1) is 18.4. The molecule has 0 aliphatic rings. The van der Waals surface area contributed by atoms with E-state index >= 15 is 0 Å². The van der Waals surface area contributed by atoms with Crippen molar-refractivity contribution >= 4 is 16.0 Å². The Hall–Kier alpha value is -1.60. The third-order valence-electron chi connectivity index (χ3n) is 3.18. The maximum atomic E-state index is 10.9. The second-order valence-electron chi connectivity index (χ2n) is 4.99. The van der Waals surface area contributed by atoms with Crippen molar-refractivity contribution < 1.29 is 8.42 Å². The minimum Gasteiger partial charge on any atom is -0.356 e. The maximum absolute atomic E-state index is 10.9. The summed E-state index contributed by atoms with van der Waals surface area (Å²) in [6.07, 6.45) is 2.85. The summed E-state index contributed by atoms with van der Waals surface area (Å²) in [5, 5.41) is 6.44. The fraction of sp³-hybridized carbons (Fsp3) is 0.533. The lowest BCUT2D eigenvalue weighted by Crippen LogP contribution is -2.38. The SMILES string of the molecule is CCc1ccccc1CNC(=NC)NCCCNS(C)(=O)=O. The van der Waals surface area contributed by atoms with Gasteiger partial charge in [0.15, 0.2) is 5.96 Å². The zero-order valence-electron chi connectivity index (χ0n) is 13.5. The second kappa shape index (κ2) is 9.42. The summed E-state index contributed by atoms with van der Waals surface area (Å²) in [5.41, 5.74) is 2.58. The van der Waals surface area contributed by atoms with Crippen LogP contribution in [0.2, 0.25) is 0 Å². The van der Waals surface area contributed by atoms with Gasteiger partial charge in [0.2, 0.25) is 10.0 Å². The number of hydrogen-bond donors (Lipinski definition) is 3. The summed E-state index contributed by atoms with van der Waals surface area (Å²) >= 11 is 0. The third-order valence-corrected chi connectivity index (χ3v) is 3.91. The van der Waals surface area contributed by atoms with Crippen molar-refractivity contribution in [3.05, 3.63) is 35.4 Å². The fourth-order valence-corrected chi connectivity index (χ4v) is 2.54. The lowest BCUT2D eigenvalue weighted by molar-refractivity contribution is 0.584. The number of aliphatic imine (C=N–C) groups is 1. The molecule has 6 nitrogen and oxygen atoms in total. The number of nitrogens with zero attached hydrogens (tertiary/aromatic N) is 1. The minimum atomic E-state index is -3.11. The molecule has 0 saturated heterocycles. The van der Waals surface area contributed by atoms with E-state index < -0.39 is 10.0 Å². The predicted octanol–water partition coefficient (Wildman–Crippen LogP) is 0.853. The number of sulfonamides is 1. The van der Waals surface area contributed by atoms with Gasteiger partial charge >= 0.3 is 0 Å². The zero-order valence-corrected chi connectivity index (χ0v) is 14.3. The van der Waals surface area contributed by atoms with Gasteiger partial charge in [0, 0.05) is 26.7 Å². The predicted molar refractivity (Wildman–Crippen MR) is 91.5 cm³/mol. The van der Waals surface area contributed by atoms with E-state index in [1.54, 1.807) is 7.05 Å². The Morgan fingerprint density at radius 1 is 1.14 bits per heavy atom. The average molecular weight is 326 g/mol. The molecule has 0 saturated carbocycles. The van der Waals surface area contributed by atoms with E-state index in [1.807, 2.05) is 12.1 Å². The largest absolute Gasteiger partial charge is 0.356 e. The van der Waals surface area contributed by atoms with Gasteiger partial charge < -0.3 is 10.6 Å². The van der Waals surface area contributed by atoms with Crippen molar-refractivity contribution in [3.63, 3.8) is 0 Å². The Balaban J connectivity index is 2.34. The van der Waals surface area contributed by atoms with Crippen molar-refractivity contribution in [2.24, 2.45) is 4.99 Å². The van der Waals surface area contributed by atoms with Crippen molar-refractivity contribution in [2.75, 3.05) is 26.4 Å². The van der Waals surface area contributed by atoms with Gasteiger partial charge in [-0.05, 0) is 24.0 Å². The summed E-state index contributed by atoms with van der Waals surface area (Å²) in [7, 11) is -1.39. The number of guanidine groups is 1. The number of rotatable bonds is 8. The average Bonchev–Trinajstić information content (AvgIpc) is 2.49. The van der Waals surface area contributed by atoms with Crippen LogP contribution in [-0.4, -0.2) is 40.8 Å². The maximum Gasteiger partial charge on any atom is 0.208 e. The second-order valence-corrected chi connectivity index (χ2v) is 6.83. The molecule has 124 valence electrons. The lowest BCUT2D eigenvalue weighted by Gasteiger charge is -2.13. The molecule has 0 aliphatic heterocycles. The number of aryl methyl sites for hydroxylation is 1. The topological polar surface area (TPSA) is 82.6 Å². The standard InChI is InChI=1S/C15H26N4O2S/c1-4-13-8-5-6-9-14(13)12-18-15(16-2)17-10-7-11-19-22(3,20)21/h5-6,8-9,19H,4,7,10-12H2,1-3H3,(H2,16,17,18). The summed E-state index contributed by atoms with van der Waals surface area (Å²) < 4.78 is 24.3. The first-order chi connectivity index (χ1) is 10.5. The molecule has 22 heavy (non-hydrogen) atoms. The number of hydrogen-bond acceptors (Lipinski definition) is 3. The van der Waals surface area contributed by atoms with Crippen LogP contribution >= 0.6 is 0 Å². The zero-order chi connectivity index (χ0) is 16.4. The first-order valence-corrected chi connectivity index (χ1v) is 9.31. The molecule has 0 heterocycles. The summed E-state index contributed by atoms with van der Waals surface area (Å²) in [6.45, 7) is 3.92. The van der Waals surface area contributed by atoms with E-state index in [-0.39, 0.29) is 0 Å². The van der Waals surface area contributed by atoms with Crippen LogP contribution in [0.4, 0.5) is 0 Å². The molecule has 0 aromatic heterocycles. The highest BCUT2D eigenvalue weighted by Crippen LogP contribution is 2.08. The Labute approximate surface area is 133 Å². The molecule has 1 aromatic rings. The van der Waals surface area contributed by atoms with Crippen LogP contribution in [0.1, 0.15) is 24.5 Å². The highest BCUT2D eigenvalue weighted by atomic mass is 32.2. The molecule has 0 aliphatic carbocycles. The highest BCUT2D eigenvalue weighted by Gasteiger charge is 2.02. The van der Waals surface area contributed by atoms with E-state index in [0.717, 1.165) is 12.7 Å². The molecule has 0 fully saturated rings. The van der Waals surface area contributed by atoms with E-state index in [1.165, 1.54) is 11.1 Å². The molecular weight excluding hydrogens is 300 g/mol. The molecule has 1 aromatic carbocycles. The van der Waals surface area contributed by atoms with Crippen molar-refractivity contribution in [1.82, 2.24) is 15.4 Å². The summed E-state index contributed by atoms with van der Waals surface area (Å²) in [6, 6.07) is 8.31. The lowest BCUT2D eigenvalue weighted by atomic mass is 10.1. The van der Waals surface area contributed by atoms with E-state index in [9.17, 15) is 8.42 Å². The molecule has 0 bridgehead atoms. The van der Waals surface area contributed by atoms with Gasteiger partial charge in [-0.3, -0.25) is 4.99 Å². The van der Waals surface area contributed by atoms with Crippen LogP contribution in [0.15, 0.2) is 29.3 Å². The van der Waals surface area contributed by atoms with Gasteiger partial charge in [-0.15, -0.1) is 0 Å². The van der Waals surface area contributed by atoms with Gasteiger partial charge in [0.05, 0.1) is 6.26 Å².